The van der Waals surface area contributed by atoms with Gasteiger partial charge in [0, 0.05) is 0 Å². The minimum atomic E-state index is -0.867. The van der Waals surface area contributed by atoms with Crippen molar-refractivity contribution in [2.45, 2.75) is 38.6 Å². The van der Waals surface area contributed by atoms with Crippen molar-refractivity contribution in [2.75, 3.05) is 0 Å². The predicted molar refractivity (Wildman–Crippen MR) is 46.7 cm³/mol. The van der Waals surface area contributed by atoms with E-state index in [1.54, 1.807) is 0 Å². The quantitative estimate of drug-likeness (QED) is 0.671. The Hall–Kier alpha value is -0.570. The molecule has 12 heavy (non-hydrogen) atoms. The molecular formula is C9H17NO2. The first-order valence-electron chi connectivity index (χ1n) is 4.59. The van der Waals surface area contributed by atoms with Crippen molar-refractivity contribution in [3.8, 4) is 0 Å². The number of hydrogen-bond donors (Lipinski definition) is 2. The van der Waals surface area contributed by atoms with Crippen molar-refractivity contribution in [2.24, 2.45) is 17.6 Å². The van der Waals surface area contributed by atoms with Gasteiger partial charge < -0.3 is 10.8 Å². The van der Waals surface area contributed by atoms with Crippen molar-refractivity contribution >= 4 is 5.97 Å². The number of hydrogen-bond acceptors (Lipinski definition) is 2. The first-order valence-corrected chi connectivity index (χ1v) is 4.59. The van der Waals surface area contributed by atoms with Gasteiger partial charge in [0.15, 0.2) is 0 Å². The number of rotatable bonds is 3. The van der Waals surface area contributed by atoms with Gasteiger partial charge in [-0.25, -0.2) is 0 Å². The Labute approximate surface area is 72.9 Å². The van der Waals surface area contributed by atoms with Crippen molar-refractivity contribution < 1.29 is 9.90 Å². The van der Waals surface area contributed by atoms with Crippen LogP contribution in [-0.2, 0) is 4.79 Å². The van der Waals surface area contributed by atoms with Gasteiger partial charge >= 0.3 is 5.97 Å². The van der Waals surface area contributed by atoms with Crippen molar-refractivity contribution in [1.82, 2.24) is 0 Å². The molecule has 3 N–H and O–H groups in total. The standard InChI is InChI=1S/C9H17NO2/c1-6-3-2-4-7(6)5-8(10)9(11)12/h6-8H,2-5,10H2,1H3,(H,11,12). The molecule has 0 amide bonds. The fourth-order valence-electron chi connectivity index (χ4n) is 2.00. The fourth-order valence-corrected chi connectivity index (χ4v) is 2.00. The van der Waals surface area contributed by atoms with Gasteiger partial charge in [-0.15, -0.1) is 0 Å². The molecule has 1 saturated carbocycles. The van der Waals surface area contributed by atoms with Crippen LogP contribution in [0.25, 0.3) is 0 Å². The van der Waals surface area contributed by atoms with Gasteiger partial charge in [0.05, 0.1) is 0 Å². The summed E-state index contributed by atoms with van der Waals surface area (Å²) in [5.74, 6) is 0.334. The monoisotopic (exact) mass is 171 g/mol. The van der Waals surface area contributed by atoms with Crippen molar-refractivity contribution in [1.29, 1.82) is 0 Å². The largest absolute Gasteiger partial charge is 0.480 e. The van der Waals surface area contributed by atoms with Crippen LogP contribution in [-0.4, -0.2) is 17.1 Å². The molecule has 3 unspecified atom stereocenters. The van der Waals surface area contributed by atoms with Crippen LogP contribution in [0.4, 0.5) is 0 Å². The third kappa shape index (κ3) is 2.21. The van der Waals surface area contributed by atoms with Crippen LogP contribution in [0.2, 0.25) is 0 Å². The molecule has 0 saturated heterocycles. The topological polar surface area (TPSA) is 63.3 Å². The Morgan fingerprint density at radius 3 is 2.75 bits per heavy atom. The minimum Gasteiger partial charge on any atom is -0.480 e. The SMILES string of the molecule is CC1CCCC1CC(N)C(=O)O. The minimum absolute atomic E-state index is 0.538. The van der Waals surface area contributed by atoms with Crippen LogP contribution in [0.15, 0.2) is 0 Å². The maximum atomic E-state index is 10.5. The van der Waals surface area contributed by atoms with E-state index in [2.05, 4.69) is 6.92 Å². The van der Waals surface area contributed by atoms with Crippen LogP contribution in [0.1, 0.15) is 32.6 Å². The molecular weight excluding hydrogens is 154 g/mol. The van der Waals surface area contributed by atoms with E-state index >= 15 is 0 Å². The molecule has 0 aliphatic heterocycles. The molecule has 70 valence electrons. The molecule has 1 aliphatic carbocycles. The Balaban J connectivity index is 2.35. The van der Waals surface area contributed by atoms with E-state index < -0.39 is 12.0 Å². The number of carboxylic acids is 1. The molecule has 0 aromatic carbocycles. The van der Waals surface area contributed by atoms with Gasteiger partial charge in [0.2, 0.25) is 0 Å². The van der Waals surface area contributed by atoms with Crippen LogP contribution in [0, 0.1) is 11.8 Å². The first-order chi connectivity index (χ1) is 5.61. The lowest BCUT2D eigenvalue weighted by atomic mass is 9.91. The van der Waals surface area contributed by atoms with E-state index in [9.17, 15) is 4.79 Å². The average molecular weight is 171 g/mol. The zero-order chi connectivity index (χ0) is 9.14. The number of carbonyl (C=O) groups is 1. The molecule has 1 rings (SSSR count). The summed E-state index contributed by atoms with van der Waals surface area (Å²) in [6.07, 6.45) is 4.27. The lowest BCUT2D eigenvalue weighted by molar-refractivity contribution is -0.139. The van der Waals surface area contributed by atoms with E-state index in [1.807, 2.05) is 0 Å². The summed E-state index contributed by atoms with van der Waals surface area (Å²) in [5, 5.41) is 8.60. The molecule has 0 aromatic heterocycles. The summed E-state index contributed by atoms with van der Waals surface area (Å²) < 4.78 is 0. The zero-order valence-electron chi connectivity index (χ0n) is 7.49. The summed E-state index contributed by atoms with van der Waals surface area (Å²) in [6, 6.07) is -0.657. The number of aliphatic carboxylic acids is 1. The second-order valence-electron chi connectivity index (χ2n) is 3.85. The van der Waals surface area contributed by atoms with Gasteiger partial charge in [-0.1, -0.05) is 26.2 Å². The molecule has 3 nitrogen and oxygen atoms in total. The highest BCUT2D eigenvalue weighted by Gasteiger charge is 2.27. The second kappa shape index (κ2) is 3.90. The molecule has 1 fully saturated rings. The Morgan fingerprint density at radius 2 is 2.33 bits per heavy atom. The van der Waals surface area contributed by atoms with Crippen molar-refractivity contribution in [3.63, 3.8) is 0 Å². The second-order valence-corrected chi connectivity index (χ2v) is 3.85. The summed E-state index contributed by atoms with van der Waals surface area (Å²) >= 11 is 0. The molecule has 0 radical (unpaired) electrons. The lowest BCUT2D eigenvalue weighted by Gasteiger charge is -2.17. The van der Waals surface area contributed by atoms with Gasteiger partial charge in [-0.2, -0.15) is 0 Å². The average Bonchev–Trinajstić information content (AvgIpc) is 2.36. The molecule has 3 atom stereocenters. The first kappa shape index (κ1) is 9.52. The van der Waals surface area contributed by atoms with Crippen LogP contribution in [0.3, 0.4) is 0 Å². The third-order valence-corrected chi connectivity index (χ3v) is 2.91. The van der Waals surface area contributed by atoms with E-state index in [1.165, 1.54) is 12.8 Å². The van der Waals surface area contributed by atoms with Gasteiger partial charge in [0.25, 0.3) is 0 Å². The molecule has 0 aromatic rings. The smallest absolute Gasteiger partial charge is 0.320 e. The van der Waals surface area contributed by atoms with Crippen LogP contribution < -0.4 is 5.73 Å². The summed E-state index contributed by atoms with van der Waals surface area (Å²) in [7, 11) is 0. The fraction of sp³-hybridized carbons (Fsp3) is 0.889. The summed E-state index contributed by atoms with van der Waals surface area (Å²) in [6.45, 7) is 2.19. The number of carboxylic acid groups (broad SMARTS) is 1. The molecule has 0 heterocycles. The lowest BCUT2D eigenvalue weighted by Crippen LogP contribution is -2.32. The Morgan fingerprint density at radius 1 is 1.67 bits per heavy atom. The Bertz CT molecular complexity index is 170. The van der Waals surface area contributed by atoms with Crippen molar-refractivity contribution in [3.05, 3.63) is 0 Å². The highest BCUT2D eigenvalue weighted by Crippen LogP contribution is 2.33. The third-order valence-electron chi connectivity index (χ3n) is 2.91. The number of nitrogens with two attached hydrogens (primary N) is 1. The van der Waals surface area contributed by atoms with Gasteiger partial charge in [-0.05, 0) is 18.3 Å². The molecule has 0 bridgehead atoms. The van der Waals surface area contributed by atoms with Gasteiger partial charge in [0.1, 0.15) is 6.04 Å². The maximum Gasteiger partial charge on any atom is 0.320 e. The van der Waals surface area contributed by atoms with E-state index in [-0.39, 0.29) is 0 Å². The van der Waals surface area contributed by atoms with E-state index in [4.69, 9.17) is 10.8 Å². The highest BCUT2D eigenvalue weighted by molar-refractivity contribution is 5.73. The summed E-state index contributed by atoms with van der Waals surface area (Å²) in [5.41, 5.74) is 5.46. The summed E-state index contributed by atoms with van der Waals surface area (Å²) in [4.78, 5) is 10.5. The van der Waals surface area contributed by atoms with E-state index in [0.717, 1.165) is 6.42 Å². The van der Waals surface area contributed by atoms with Crippen LogP contribution >= 0.6 is 0 Å². The van der Waals surface area contributed by atoms with E-state index in [0.29, 0.717) is 18.3 Å². The van der Waals surface area contributed by atoms with Gasteiger partial charge in [-0.3, -0.25) is 4.79 Å². The normalized spacial score (nSPS) is 31.8. The Kier molecular flexibility index (Phi) is 3.09. The molecule has 3 heteroatoms. The predicted octanol–water partition coefficient (Wildman–Crippen LogP) is 1.22. The molecule has 0 spiro atoms. The van der Waals surface area contributed by atoms with Crippen LogP contribution in [0.5, 0.6) is 0 Å². The zero-order valence-corrected chi connectivity index (χ0v) is 7.49. The molecule has 1 aliphatic rings. The highest BCUT2D eigenvalue weighted by atomic mass is 16.4. The maximum absolute atomic E-state index is 10.5.